The molecule has 1 unspecified atom stereocenters. The average Bonchev–Trinajstić information content (AvgIpc) is 2.15. The normalized spacial score (nSPS) is 18.9. The molecule has 1 aliphatic rings. The van der Waals surface area contributed by atoms with Crippen molar-refractivity contribution in [2.24, 2.45) is 5.92 Å². The Bertz CT molecular complexity index is 314. The fraction of sp³-hybridized carbons (Fsp3) is 0.538. The maximum atomic E-state index is 10.0. The molecule has 15 heavy (non-hydrogen) atoms. The van der Waals surface area contributed by atoms with Crippen molar-refractivity contribution in [3.8, 4) is 0 Å². The largest absolute Gasteiger partial charge is 0.388 e. The first-order chi connectivity index (χ1) is 7.18. The van der Waals surface area contributed by atoms with Gasteiger partial charge in [-0.05, 0) is 17.0 Å². The minimum absolute atomic E-state index is 0.299. The number of aliphatic hydroxyl groups is 1. The fourth-order valence-electron chi connectivity index (χ4n) is 1.88. The molecule has 0 bridgehead atoms. The van der Waals surface area contributed by atoms with Crippen LogP contribution in [0.1, 0.15) is 37.0 Å². The third-order valence-corrected chi connectivity index (χ3v) is 3.20. The number of aliphatic hydroxyl groups excluding tert-OH is 1. The number of benzene rings is 1. The Morgan fingerprint density at radius 1 is 1.13 bits per heavy atom. The summed E-state index contributed by atoms with van der Waals surface area (Å²) in [5.41, 5.74) is 2.38. The highest BCUT2D eigenvalue weighted by Gasteiger charge is 2.26. The van der Waals surface area contributed by atoms with E-state index in [0.717, 1.165) is 18.7 Å². The van der Waals surface area contributed by atoms with Gasteiger partial charge in [0.05, 0.1) is 6.10 Å². The van der Waals surface area contributed by atoms with Crippen LogP contribution in [0.3, 0.4) is 0 Å². The van der Waals surface area contributed by atoms with Crippen LogP contribution < -0.4 is 5.32 Å². The average molecular weight is 205 g/mol. The number of hydrogen-bond acceptors (Lipinski definition) is 2. The molecule has 1 aromatic rings. The van der Waals surface area contributed by atoms with Crippen molar-refractivity contribution in [3.05, 3.63) is 35.4 Å². The van der Waals surface area contributed by atoms with E-state index in [0.29, 0.717) is 11.8 Å². The van der Waals surface area contributed by atoms with Crippen LogP contribution in [0.2, 0.25) is 0 Å². The van der Waals surface area contributed by atoms with E-state index in [9.17, 15) is 5.11 Å². The second-order valence-electron chi connectivity index (χ2n) is 4.68. The highest BCUT2D eigenvalue weighted by molar-refractivity contribution is 5.26. The summed E-state index contributed by atoms with van der Waals surface area (Å²) in [4.78, 5) is 0. The molecule has 2 rings (SSSR count). The summed E-state index contributed by atoms with van der Waals surface area (Å²) in [7, 11) is 0. The van der Waals surface area contributed by atoms with Gasteiger partial charge in [0.15, 0.2) is 0 Å². The molecule has 2 nitrogen and oxygen atoms in total. The lowest BCUT2D eigenvalue weighted by molar-refractivity contribution is 0.0767. The van der Waals surface area contributed by atoms with Gasteiger partial charge in [0.25, 0.3) is 0 Å². The fourth-order valence-corrected chi connectivity index (χ4v) is 1.88. The molecule has 0 saturated carbocycles. The molecule has 82 valence electrons. The van der Waals surface area contributed by atoms with E-state index >= 15 is 0 Å². The zero-order valence-electron chi connectivity index (χ0n) is 9.40. The van der Waals surface area contributed by atoms with Crippen molar-refractivity contribution in [2.75, 3.05) is 13.1 Å². The smallest absolute Gasteiger partial charge is 0.0842 e. The SMILES string of the molecule is CC(C)c1ccc(C(O)C2CNC2)cc1. The first-order valence-corrected chi connectivity index (χ1v) is 5.67. The van der Waals surface area contributed by atoms with E-state index in [2.05, 4.69) is 43.4 Å². The predicted octanol–water partition coefficient (Wildman–Crippen LogP) is 2.06. The Morgan fingerprint density at radius 2 is 1.67 bits per heavy atom. The lowest BCUT2D eigenvalue weighted by atomic mass is 9.90. The molecule has 2 heteroatoms. The van der Waals surface area contributed by atoms with E-state index in [-0.39, 0.29) is 6.10 Å². The third-order valence-electron chi connectivity index (χ3n) is 3.20. The lowest BCUT2D eigenvalue weighted by Gasteiger charge is -2.31. The first kappa shape index (κ1) is 10.7. The molecule has 0 aliphatic carbocycles. The van der Waals surface area contributed by atoms with Gasteiger partial charge in [-0.15, -0.1) is 0 Å². The third kappa shape index (κ3) is 2.21. The Morgan fingerprint density at radius 3 is 2.07 bits per heavy atom. The van der Waals surface area contributed by atoms with E-state index in [1.54, 1.807) is 0 Å². The number of nitrogens with one attached hydrogen (secondary N) is 1. The summed E-state index contributed by atoms with van der Waals surface area (Å²) < 4.78 is 0. The minimum atomic E-state index is -0.299. The number of hydrogen-bond donors (Lipinski definition) is 2. The van der Waals surface area contributed by atoms with Crippen LogP contribution in [0, 0.1) is 5.92 Å². The molecule has 1 atom stereocenters. The van der Waals surface area contributed by atoms with Crippen molar-refractivity contribution < 1.29 is 5.11 Å². The Balaban J connectivity index is 2.08. The Labute approximate surface area is 91.3 Å². The summed E-state index contributed by atoms with van der Waals surface area (Å²) in [5.74, 6) is 0.955. The van der Waals surface area contributed by atoms with Gasteiger partial charge in [0, 0.05) is 19.0 Å². The van der Waals surface area contributed by atoms with E-state index in [1.807, 2.05) is 0 Å². The maximum absolute atomic E-state index is 10.0. The van der Waals surface area contributed by atoms with E-state index in [4.69, 9.17) is 0 Å². The second kappa shape index (κ2) is 4.33. The van der Waals surface area contributed by atoms with Crippen molar-refractivity contribution in [1.82, 2.24) is 5.32 Å². The molecule has 1 aliphatic heterocycles. The standard InChI is InChI=1S/C13H19NO/c1-9(2)10-3-5-11(6-4-10)13(15)12-7-14-8-12/h3-6,9,12-15H,7-8H2,1-2H3. The van der Waals surface area contributed by atoms with Gasteiger partial charge in [-0.3, -0.25) is 0 Å². The van der Waals surface area contributed by atoms with Gasteiger partial charge in [-0.1, -0.05) is 38.1 Å². The molecule has 1 saturated heterocycles. The Kier molecular flexibility index (Phi) is 3.08. The van der Waals surface area contributed by atoms with Crippen LogP contribution in [-0.4, -0.2) is 18.2 Å². The molecule has 1 heterocycles. The molecule has 1 fully saturated rings. The van der Waals surface area contributed by atoms with Crippen LogP contribution >= 0.6 is 0 Å². The summed E-state index contributed by atoms with van der Waals surface area (Å²) >= 11 is 0. The van der Waals surface area contributed by atoms with Crippen LogP contribution in [0.15, 0.2) is 24.3 Å². The van der Waals surface area contributed by atoms with Gasteiger partial charge in [0.1, 0.15) is 0 Å². The van der Waals surface area contributed by atoms with Crippen molar-refractivity contribution in [2.45, 2.75) is 25.9 Å². The Hall–Kier alpha value is -0.860. The van der Waals surface area contributed by atoms with Crippen LogP contribution in [0.5, 0.6) is 0 Å². The van der Waals surface area contributed by atoms with Crippen LogP contribution in [0.4, 0.5) is 0 Å². The summed E-state index contributed by atoms with van der Waals surface area (Å²) in [5, 5.41) is 13.2. The zero-order chi connectivity index (χ0) is 10.8. The summed E-state index contributed by atoms with van der Waals surface area (Å²) in [6, 6.07) is 8.35. The van der Waals surface area contributed by atoms with E-state index < -0.39 is 0 Å². The van der Waals surface area contributed by atoms with Gasteiger partial charge >= 0.3 is 0 Å². The summed E-state index contributed by atoms with van der Waals surface area (Å²) in [6.45, 7) is 6.24. The number of rotatable bonds is 3. The van der Waals surface area contributed by atoms with E-state index in [1.165, 1.54) is 5.56 Å². The predicted molar refractivity (Wildman–Crippen MR) is 61.9 cm³/mol. The lowest BCUT2D eigenvalue weighted by Crippen LogP contribution is -2.45. The molecule has 0 radical (unpaired) electrons. The molecular formula is C13H19NO. The molecule has 2 N–H and O–H groups in total. The molecule has 0 amide bonds. The van der Waals surface area contributed by atoms with Crippen molar-refractivity contribution in [1.29, 1.82) is 0 Å². The highest BCUT2D eigenvalue weighted by Crippen LogP contribution is 2.26. The van der Waals surface area contributed by atoms with Gasteiger partial charge in [-0.25, -0.2) is 0 Å². The summed E-state index contributed by atoms with van der Waals surface area (Å²) in [6.07, 6.45) is -0.299. The second-order valence-corrected chi connectivity index (χ2v) is 4.68. The highest BCUT2D eigenvalue weighted by atomic mass is 16.3. The van der Waals surface area contributed by atoms with Crippen LogP contribution in [-0.2, 0) is 0 Å². The molecule has 1 aromatic carbocycles. The quantitative estimate of drug-likeness (QED) is 0.791. The zero-order valence-corrected chi connectivity index (χ0v) is 9.40. The molecule has 0 aromatic heterocycles. The monoisotopic (exact) mass is 205 g/mol. The van der Waals surface area contributed by atoms with Gasteiger partial charge < -0.3 is 10.4 Å². The molecular weight excluding hydrogens is 186 g/mol. The van der Waals surface area contributed by atoms with Crippen molar-refractivity contribution in [3.63, 3.8) is 0 Å². The minimum Gasteiger partial charge on any atom is -0.388 e. The maximum Gasteiger partial charge on any atom is 0.0842 e. The first-order valence-electron chi connectivity index (χ1n) is 5.67. The van der Waals surface area contributed by atoms with Gasteiger partial charge in [0.2, 0.25) is 0 Å². The topological polar surface area (TPSA) is 32.3 Å². The van der Waals surface area contributed by atoms with Crippen molar-refractivity contribution >= 4 is 0 Å². The van der Waals surface area contributed by atoms with Crippen LogP contribution in [0.25, 0.3) is 0 Å². The van der Waals surface area contributed by atoms with Gasteiger partial charge in [-0.2, -0.15) is 0 Å². The molecule has 0 spiro atoms.